The first-order valence-electron chi connectivity index (χ1n) is 6.28. The van der Waals surface area contributed by atoms with E-state index < -0.39 is 10.0 Å². The number of hydrogen-bond acceptors (Lipinski definition) is 4. The average molecular weight is 334 g/mol. The molecule has 21 heavy (non-hydrogen) atoms. The molecular formula is C13H20ClN3O3S. The van der Waals surface area contributed by atoms with Gasteiger partial charge in [-0.15, -0.1) is 0 Å². The highest BCUT2D eigenvalue weighted by atomic mass is 35.5. The van der Waals surface area contributed by atoms with Gasteiger partial charge in [-0.3, -0.25) is 4.79 Å². The van der Waals surface area contributed by atoms with E-state index in [4.69, 9.17) is 11.6 Å². The summed E-state index contributed by atoms with van der Waals surface area (Å²) >= 11 is 5.66. The van der Waals surface area contributed by atoms with Gasteiger partial charge in [-0.05, 0) is 25.0 Å². The molecule has 118 valence electrons. The number of nitrogens with one attached hydrogen (secondary N) is 1. The van der Waals surface area contributed by atoms with Crippen molar-refractivity contribution in [2.45, 2.75) is 38.1 Å². The molecule has 0 radical (unpaired) electrons. The second-order valence-electron chi connectivity index (χ2n) is 4.72. The zero-order valence-corrected chi connectivity index (χ0v) is 12.6. The lowest BCUT2D eigenvalue weighted by atomic mass is 10.1. The Morgan fingerprint density at radius 3 is 2.76 bits per heavy atom. The van der Waals surface area contributed by atoms with Crippen LogP contribution in [-0.4, -0.2) is 42.7 Å². The highest BCUT2D eigenvalue weighted by Gasteiger charge is 2.30. The van der Waals surface area contributed by atoms with E-state index in [-0.39, 0.29) is 36.0 Å². The lowest BCUT2D eigenvalue weighted by molar-refractivity contribution is -0.119. The number of pyridine rings is 1. The third-order valence-corrected chi connectivity index (χ3v) is 5.20. The predicted octanol–water partition coefficient (Wildman–Crippen LogP) is 1.66. The minimum Gasteiger partial charge on any atom is -0.352 e. The summed E-state index contributed by atoms with van der Waals surface area (Å²) < 4.78 is 26.3. The van der Waals surface area contributed by atoms with Crippen molar-refractivity contribution >= 4 is 27.5 Å². The van der Waals surface area contributed by atoms with Crippen LogP contribution in [0.2, 0.25) is 5.15 Å². The van der Waals surface area contributed by atoms with Gasteiger partial charge in [0.25, 0.3) is 0 Å². The van der Waals surface area contributed by atoms with Crippen LogP contribution >= 0.6 is 11.6 Å². The Balaban J connectivity index is 0.00000220. The van der Waals surface area contributed by atoms with Gasteiger partial charge in [0.15, 0.2) is 0 Å². The summed E-state index contributed by atoms with van der Waals surface area (Å²) in [6, 6.07) is 2.74. The van der Waals surface area contributed by atoms with Crippen LogP contribution in [0.15, 0.2) is 23.2 Å². The number of sulfonamides is 1. The lowest BCUT2D eigenvalue weighted by Crippen LogP contribution is -2.49. The van der Waals surface area contributed by atoms with Gasteiger partial charge >= 0.3 is 0 Å². The first kappa shape index (κ1) is 17.9. The van der Waals surface area contributed by atoms with Gasteiger partial charge in [0.05, 0.1) is 0 Å². The van der Waals surface area contributed by atoms with Crippen molar-refractivity contribution in [1.82, 2.24) is 14.6 Å². The fourth-order valence-electron chi connectivity index (χ4n) is 2.23. The number of carbonyl (C=O) groups excluding carboxylic acids is 1. The Bertz CT molecular complexity index is 589. The van der Waals surface area contributed by atoms with Crippen molar-refractivity contribution in [3.05, 3.63) is 23.5 Å². The van der Waals surface area contributed by atoms with E-state index in [0.29, 0.717) is 13.0 Å². The molecular weight excluding hydrogens is 314 g/mol. The van der Waals surface area contributed by atoms with Gasteiger partial charge in [-0.25, -0.2) is 13.4 Å². The first-order chi connectivity index (χ1) is 9.39. The van der Waals surface area contributed by atoms with Gasteiger partial charge in [-0.1, -0.05) is 19.0 Å². The molecule has 0 aromatic carbocycles. The number of hydrogen-bond donors (Lipinski definition) is 1. The van der Waals surface area contributed by atoms with Crippen molar-refractivity contribution in [2.24, 2.45) is 0 Å². The van der Waals surface area contributed by atoms with Gasteiger partial charge in [0.1, 0.15) is 10.0 Å². The zero-order valence-electron chi connectivity index (χ0n) is 11.0. The Hall–Kier alpha value is -1.18. The number of carbonyl (C=O) groups is 1. The van der Waals surface area contributed by atoms with E-state index in [1.54, 1.807) is 0 Å². The standard InChI is InChI=1S/C12H16ClN3O3S.CH4/c1-9(17)15-10-3-2-6-16(8-10)20(18,19)11-4-5-12(13)14-7-11;/h4-5,7,10H,2-3,6,8H2,1H3,(H,15,17);1H4/t10-;/m0./s1. The molecule has 1 aliphatic rings. The zero-order chi connectivity index (χ0) is 14.8. The molecule has 1 saturated heterocycles. The van der Waals surface area contributed by atoms with Gasteiger partial charge in [0, 0.05) is 32.3 Å². The van der Waals surface area contributed by atoms with Gasteiger partial charge in [0.2, 0.25) is 15.9 Å². The summed E-state index contributed by atoms with van der Waals surface area (Å²) in [5, 5.41) is 3.01. The molecule has 8 heteroatoms. The first-order valence-corrected chi connectivity index (χ1v) is 8.10. The van der Waals surface area contributed by atoms with E-state index in [9.17, 15) is 13.2 Å². The quantitative estimate of drug-likeness (QED) is 0.853. The largest absolute Gasteiger partial charge is 0.352 e. The normalized spacial score (nSPS) is 19.6. The van der Waals surface area contributed by atoms with Gasteiger partial charge in [-0.2, -0.15) is 4.31 Å². The van der Waals surface area contributed by atoms with E-state index in [1.165, 1.54) is 29.6 Å². The lowest BCUT2D eigenvalue weighted by Gasteiger charge is -2.32. The van der Waals surface area contributed by atoms with Crippen molar-refractivity contribution in [3.8, 4) is 0 Å². The van der Waals surface area contributed by atoms with Crippen LogP contribution in [0.25, 0.3) is 0 Å². The molecule has 1 atom stereocenters. The molecule has 0 aliphatic carbocycles. The maximum absolute atomic E-state index is 12.5. The third-order valence-electron chi connectivity index (χ3n) is 3.13. The molecule has 1 fully saturated rings. The summed E-state index contributed by atoms with van der Waals surface area (Å²) in [7, 11) is -3.59. The molecule has 1 N–H and O–H groups in total. The number of nitrogens with zero attached hydrogens (tertiary/aromatic N) is 2. The maximum Gasteiger partial charge on any atom is 0.244 e. The molecule has 0 saturated carbocycles. The Morgan fingerprint density at radius 2 is 2.19 bits per heavy atom. The van der Waals surface area contributed by atoms with Crippen LogP contribution in [0.5, 0.6) is 0 Å². The van der Waals surface area contributed by atoms with Crippen LogP contribution in [0, 0.1) is 0 Å². The molecule has 1 aromatic heterocycles. The molecule has 0 spiro atoms. The van der Waals surface area contributed by atoms with Crippen molar-refractivity contribution in [3.63, 3.8) is 0 Å². The van der Waals surface area contributed by atoms with Crippen LogP contribution in [0.1, 0.15) is 27.2 Å². The minimum absolute atomic E-state index is 0. The highest BCUT2D eigenvalue weighted by Crippen LogP contribution is 2.21. The van der Waals surface area contributed by atoms with Crippen LogP contribution in [0.4, 0.5) is 0 Å². The van der Waals surface area contributed by atoms with Crippen LogP contribution in [0.3, 0.4) is 0 Å². The summed E-state index contributed by atoms with van der Waals surface area (Å²) in [4.78, 5) is 15.0. The average Bonchev–Trinajstić information content (AvgIpc) is 2.39. The maximum atomic E-state index is 12.5. The van der Waals surface area contributed by atoms with E-state index >= 15 is 0 Å². The van der Waals surface area contributed by atoms with Crippen LogP contribution < -0.4 is 5.32 Å². The number of piperidine rings is 1. The summed E-state index contributed by atoms with van der Waals surface area (Å²) in [5.74, 6) is -0.151. The number of halogens is 1. The van der Waals surface area contributed by atoms with E-state index in [2.05, 4.69) is 10.3 Å². The molecule has 0 bridgehead atoms. The summed E-state index contributed by atoms with van der Waals surface area (Å²) in [5.41, 5.74) is 0. The molecule has 0 unspecified atom stereocenters. The summed E-state index contributed by atoms with van der Waals surface area (Å²) in [6.45, 7) is 2.15. The summed E-state index contributed by atoms with van der Waals surface area (Å²) in [6.07, 6.45) is 2.75. The van der Waals surface area contributed by atoms with E-state index in [1.807, 2.05) is 0 Å². The smallest absolute Gasteiger partial charge is 0.244 e. The van der Waals surface area contributed by atoms with Gasteiger partial charge < -0.3 is 5.32 Å². The van der Waals surface area contributed by atoms with Crippen molar-refractivity contribution in [2.75, 3.05) is 13.1 Å². The number of amides is 1. The molecule has 1 aliphatic heterocycles. The highest BCUT2D eigenvalue weighted by molar-refractivity contribution is 7.89. The van der Waals surface area contributed by atoms with Crippen molar-refractivity contribution in [1.29, 1.82) is 0 Å². The third kappa shape index (κ3) is 4.39. The Morgan fingerprint density at radius 1 is 1.48 bits per heavy atom. The Kier molecular flexibility index (Phi) is 6.12. The molecule has 2 heterocycles. The fraction of sp³-hybridized carbons (Fsp3) is 0.538. The second-order valence-corrected chi connectivity index (χ2v) is 7.04. The molecule has 1 aromatic rings. The van der Waals surface area contributed by atoms with Crippen LogP contribution in [-0.2, 0) is 14.8 Å². The Labute approximate surface area is 130 Å². The molecule has 1 amide bonds. The molecule has 2 rings (SSSR count). The topological polar surface area (TPSA) is 79.4 Å². The minimum atomic E-state index is -3.59. The molecule has 6 nitrogen and oxygen atoms in total. The van der Waals surface area contributed by atoms with E-state index in [0.717, 1.165) is 6.42 Å². The predicted molar refractivity (Wildman–Crippen MR) is 81.6 cm³/mol. The SMILES string of the molecule is C.CC(=O)N[C@H]1CCCN(S(=O)(=O)c2ccc(Cl)nc2)C1. The number of rotatable bonds is 3. The monoisotopic (exact) mass is 333 g/mol. The van der Waals surface area contributed by atoms with Crippen molar-refractivity contribution < 1.29 is 13.2 Å². The number of aromatic nitrogens is 1. The second kappa shape index (κ2) is 7.20. The fourth-order valence-corrected chi connectivity index (χ4v) is 3.81.